The molecule has 4 saturated heterocycles. The van der Waals surface area contributed by atoms with E-state index in [1.807, 2.05) is 109 Å². The van der Waals surface area contributed by atoms with Gasteiger partial charge in [0, 0.05) is 62.0 Å². The van der Waals surface area contributed by atoms with E-state index in [-0.39, 0.29) is 23.6 Å². The molecule has 58 heavy (non-hydrogen) atoms. The number of amides is 4. The van der Waals surface area contributed by atoms with Crippen LogP contribution in [0.2, 0.25) is 0 Å². The Morgan fingerprint density at radius 2 is 0.828 bits per heavy atom. The minimum atomic E-state index is -0.513. The van der Waals surface area contributed by atoms with E-state index in [0.717, 1.165) is 87.2 Å². The average molecular weight is 779 g/mol. The third-order valence-corrected chi connectivity index (χ3v) is 12.1. The van der Waals surface area contributed by atoms with Gasteiger partial charge in [-0.3, -0.25) is 19.2 Å². The number of rotatable bonds is 10. The zero-order chi connectivity index (χ0) is 39.8. The Hall–Kier alpha value is -5.90. The maximum absolute atomic E-state index is 13.8. The molecule has 4 amide bonds. The molecule has 0 bridgehead atoms. The van der Waals surface area contributed by atoms with Gasteiger partial charge < -0.3 is 30.2 Å². The number of hydrogen-bond donors (Lipinski definition) is 2. The molecule has 0 radical (unpaired) electrons. The van der Waals surface area contributed by atoms with E-state index in [4.69, 9.17) is 0 Å². The Kier molecular flexibility index (Phi) is 12.2. The van der Waals surface area contributed by atoms with Crippen molar-refractivity contribution in [3.8, 4) is 0 Å². The van der Waals surface area contributed by atoms with E-state index in [2.05, 4.69) is 20.4 Å². The Bertz CT molecular complexity index is 1970. The highest BCUT2D eigenvalue weighted by Gasteiger charge is 2.37. The summed E-state index contributed by atoms with van der Waals surface area (Å²) in [5.74, 6) is -0.483. The molecule has 4 aliphatic rings. The smallest absolute Gasteiger partial charge is 0.256 e. The largest absolute Gasteiger partial charge is 0.371 e. The predicted octanol–water partition coefficient (Wildman–Crippen LogP) is 8.32. The molecule has 2 atom stereocenters. The van der Waals surface area contributed by atoms with Gasteiger partial charge in [0.1, 0.15) is 12.1 Å². The lowest BCUT2D eigenvalue weighted by Gasteiger charge is -2.32. The second-order valence-electron chi connectivity index (χ2n) is 16.0. The summed E-state index contributed by atoms with van der Waals surface area (Å²) in [7, 11) is 0. The number of nitrogens with one attached hydrogen (secondary N) is 2. The minimum absolute atomic E-state index is 0.0768. The van der Waals surface area contributed by atoms with Crippen LogP contribution in [0.15, 0.2) is 97.1 Å². The molecule has 4 aliphatic heterocycles. The minimum Gasteiger partial charge on any atom is -0.371 e. The topological polar surface area (TPSA) is 105 Å². The van der Waals surface area contributed by atoms with E-state index in [0.29, 0.717) is 48.4 Å². The number of anilines is 4. The Morgan fingerprint density at radius 1 is 0.448 bits per heavy atom. The van der Waals surface area contributed by atoms with Gasteiger partial charge in [-0.05, 0) is 124 Å². The molecule has 0 spiro atoms. The molecule has 4 fully saturated rings. The summed E-state index contributed by atoms with van der Waals surface area (Å²) in [6.07, 6.45) is 13.8. The van der Waals surface area contributed by atoms with Crippen LogP contribution < -0.4 is 20.4 Å². The standard InChI is InChI=1S/C48H54N6O4/c55-45(43-17-11-33-53(43)47(57)39-13-3-5-15-41(39)51-29-7-1-8-30-51)49-37-25-21-35(22-26-37)19-20-36-23-27-38(28-24-36)50-46(56)44-18-12-34-54(44)48(58)40-14-4-6-16-42(40)52-31-9-2-10-32-52/h3-6,13-16,19-28,43-44H,1-2,7-12,17-18,29-34H2,(H,49,55)(H,50,56)/b20-19+/t43-,44-/m0/s1. The van der Waals surface area contributed by atoms with E-state index >= 15 is 0 Å². The number of piperidine rings is 2. The molecule has 0 unspecified atom stereocenters. The molecule has 0 saturated carbocycles. The lowest BCUT2D eigenvalue weighted by Crippen LogP contribution is -2.43. The first-order chi connectivity index (χ1) is 28.4. The number of benzene rings is 4. The molecular weight excluding hydrogens is 725 g/mol. The van der Waals surface area contributed by atoms with Gasteiger partial charge in [-0.2, -0.15) is 0 Å². The number of likely N-dealkylation sites (tertiary alicyclic amines) is 2. The van der Waals surface area contributed by atoms with Crippen LogP contribution in [0.25, 0.3) is 12.2 Å². The van der Waals surface area contributed by atoms with Crippen LogP contribution in [0.3, 0.4) is 0 Å². The van der Waals surface area contributed by atoms with E-state index in [9.17, 15) is 19.2 Å². The summed E-state index contributed by atoms with van der Waals surface area (Å²) >= 11 is 0. The van der Waals surface area contributed by atoms with Gasteiger partial charge in [-0.15, -0.1) is 0 Å². The molecule has 4 heterocycles. The van der Waals surface area contributed by atoms with Crippen molar-refractivity contribution in [2.75, 3.05) is 59.7 Å². The third kappa shape index (κ3) is 8.81. The van der Waals surface area contributed by atoms with Gasteiger partial charge in [0.05, 0.1) is 11.1 Å². The normalized spacial score (nSPS) is 19.7. The maximum atomic E-state index is 13.8. The zero-order valence-electron chi connectivity index (χ0n) is 33.3. The van der Waals surface area contributed by atoms with Crippen molar-refractivity contribution >= 4 is 58.5 Å². The van der Waals surface area contributed by atoms with Gasteiger partial charge in [0.25, 0.3) is 11.8 Å². The van der Waals surface area contributed by atoms with Crippen molar-refractivity contribution in [3.05, 3.63) is 119 Å². The summed E-state index contributed by atoms with van der Waals surface area (Å²) < 4.78 is 0. The maximum Gasteiger partial charge on any atom is 0.256 e. The fourth-order valence-electron chi connectivity index (χ4n) is 9.00. The molecule has 10 heteroatoms. The first-order valence-electron chi connectivity index (χ1n) is 21.2. The first-order valence-corrected chi connectivity index (χ1v) is 21.2. The van der Waals surface area contributed by atoms with Crippen LogP contribution in [0.4, 0.5) is 22.7 Å². The van der Waals surface area contributed by atoms with Crippen LogP contribution in [0, 0.1) is 0 Å². The van der Waals surface area contributed by atoms with Gasteiger partial charge in [0.2, 0.25) is 11.8 Å². The summed E-state index contributed by atoms with van der Waals surface area (Å²) in [5, 5.41) is 6.10. The lowest BCUT2D eigenvalue weighted by atomic mass is 10.1. The molecule has 0 aromatic heterocycles. The molecule has 4 aromatic rings. The fourth-order valence-corrected chi connectivity index (χ4v) is 9.00. The van der Waals surface area contributed by atoms with Crippen LogP contribution >= 0.6 is 0 Å². The van der Waals surface area contributed by atoms with Gasteiger partial charge in [-0.25, -0.2) is 0 Å². The third-order valence-electron chi connectivity index (χ3n) is 12.1. The summed E-state index contributed by atoms with van der Waals surface area (Å²) in [6.45, 7) is 4.93. The zero-order valence-corrected chi connectivity index (χ0v) is 33.3. The highest BCUT2D eigenvalue weighted by molar-refractivity contribution is 6.05. The number of carbonyl (C=O) groups excluding carboxylic acids is 4. The van der Waals surface area contributed by atoms with Crippen molar-refractivity contribution in [1.29, 1.82) is 0 Å². The number of para-hydroxylation sites is 2. The summed E-state index contributed by atoms with van der Waals surface area (Å²) in [6, 6.07) is 29.9. The van der Waals surface area contributed by atoms with E-state index < -0.39 is 12.1 Å². The predicted molar refractivity (Wildman–Crippen MR) is 232 cm³/mol. The van der Waals surface area contributed by atoms with Gasteiger partial charge in [0.15, 0.2) is 0 Å². The highest BCUT2D eigenvalue weighted by Crippen LogP contribution is 2.31. The first kappa shape index (κ1) is 38.9. The van der Waals surface area contributed by atoms with Crippen LogP contribution in [0.5, 0.6) is 0 Å². The van der Waals surface area contributed by atoms with Crippen LogP contribution in [-0.2, 0) is 9.59 Å². The average Bonchev–Trinajstić information content (AvgIpc) is 3.99. The second kappa shape index (κ2) is 18.1. The highest BCUT2D eigenvalue weighted by atomic mass is 16.2. The molecule has 300 valence electrons. The molecule has 4 aromatic carbocycles. The Balaban J connectivity index is 0.843. The number of hydrogen-bond acceptors (Lipinski definition) is 6. The van der Waals surface area contributed by atoms with Gasteiger partial charge >= 0.3 is 0 Å². The van der Waals surface area contributed by atoms with Gasteiger partial charge in [-0.1, -0.05) is 60.7 Å². The molecular formula is C48H54N6O4. The van der Waals surface area contributed by atoms with E-state index in [1.54, 1.807) is 9.80 Å². The van der Waals surface area contributed by atoms with E-state index in [1.165, 1.54) is 12.8 Å². The number of nitrogens with zero attached hydrogens (tertiary/aromatic N) is 4. The lowest BCUT2D eigenvalue weighted by molar-refractivity contribution is -0.120. The second-order valence-corrected chi connectivity index (χ2v) is 16.0. The SMILES string of the molecule is O=C(Nc1ccc(/C=C/c2ccc(NC(=O)[C@@H]3CCCN3C(=O)c3ccccc3N3CCCCC3)cc2)cc1)[C@@H]1CCCN1C(=O)c1ccccc1N1CCCCC1. The van der Waals surface area contributed by atoms with Crippen LogP contribution in [0.1, 0.15) is 96.1 Å². The summed E-state index contributed by atoms with van der Waals surface area (Å²) in [4.78, 5) is 62.8. The molecule has 2 N–H and O–H groups in total. The van der Waals surface area contributed by atoms with Crippen molar-refractivity contribution in [3.63, 3.8) is 0 Å². The quantitative estimate of drug-likeness (QED) is 0.157. The monoisotopic (exact) mass is 778 g/mol. The molecule has 0 aliphatic carbocycles. The Morgan fingerprint density at radius 3 is 1.22 bits per heavy atom. The van der Waals surface area contributed by atoms with Crippen LogP contribution in [-0.4, -0.2) is 84.8 Å². The van der Waals surface area contributed by atoms with Crippen molar-refractivity contribution < 1.29 is 19.2 Å². The number of carbonyl (C=O) groups is 4. The Labute approximate surface area is 341 Å². The molecule has 10 nitrogen and oxygen atoms in total. The molecule has 8 rings (SSSR count). The van der Waals surface area contributed by atoms with Crippen molar-refractivity contribution in [2.45, 2.75) is 76.3 Å². The summed E-state index contributed by atoms with van der Waals surface area (Å²) in [5.41, 5.74) is 6.59. The fraction of sp³-hybridized carbons (Fsp3) is 0.375. The van der Waals surface area contributed by atoms with Crippen molar-refractivity contribution in [1.82, 2.24) is 9.80 Å². The van der Waals surface area contributed by atoms with Crippen molar-refractivity contribution in [2.24, 2.45) is 0 Å².